The van der Waals surface area contributed by atoms with Crippen molar-refractivity contribution in [3.05, 3.63) is 32.6 Å². The van der Waals surface area contributed by atoms with Gasteiger partial charge in [-0.3, -0.25) is 9.36 Å². The summed E-state index contributed by atoms with van der Waals surface area (Å²) in [5.41, 5.74) is 0.128. The predicted octanol–water partition coefficient (Wildman–Crippen LogP) is 0.317. The molecule has 6 heteroatoms. The molecule has 0 fully saturated rings. The highest BCUT2D eigenvalue weighted by molar-refractivity contribution is 7.98. The van der Waals surface area contributed by atoms with Crippen LogP contribution in [0.2, 0.25) is 0 Å². The first kappa shape index (κ1) is 15.0. The fourth-order valence-corrected chi connectivity index (χ4v) is 2.22. The second-order valence-corrected chi connectivity index (χ2v) is 5.27. The maximum Gasteiger partial charge on any atom is 0.330 e. The van der Waals surface area contributed by atoms with E-state index in [0.717, 1.165) is 17.5 Å². The molecule has 0 saturated heterocycles. The van der Waals surface area contributed by atoms with Crippen LogP contribution in [0.3, 0.4) is 0 Å². The zero-order valence-electron chi connectivity index (χ0n) is 11.2. The SMILES string of the molecule is CSCCCCNCc1cn(C)c(=O)n(C)c1=O. The minimum absolute atomic E-state index is 0.213. The van der Waals surface area contributed by atoms with Gasteiger partial charge < -0.3 is 9.88 Å². The molecule has 0 saturated carbocycles. The van der Waals surface area contributed by atoms with Crippen LogP contribution >= 0.6 is 11.8 Å². The molecular weight excluding hydrogens is 250 g/mol. The molecule has 1 rings (SSSR count). The molecule has 0 radical (unpaired) electrons. The molecule has 0 bridgehead atoms. The van der Waals surface area contributed by atoms with Gasteiger partial charge in [-0.15, -0.1) is 0 Å². The predicted molar refractivity (Wildman–Crippen MR) is 76.2 cm³/mol. The van der Waals surface area contributed by atoms with Crippen molar-refractivity contribution in [3.63, 3.8) is 0 Å². The van der Waals surface area contributed by atoms with Crippen molar-refractivity contribution >= 4 is 11.8 Å². The number of thioether (sulfide) groups is 1. The first-order valence-electron chi connectivity index (χ1n) is 6.03. The third-order valence-electron chi connectivity index (χ3n) is 2.78. The van der Waals surface area contributed by atoms with Gasteiger partial charge in [0.05, 0.1) is 0 Å². The van der Waals surface area contributed by atoms with Crippen molar-refractivity contribution in [3.8, 4) is 0 Å². The molecule has 0 aliphatic rings. The standard InChI is InChI=1S/C12H21N3O2S/c1-14-9-10(11(16)15(2)12(14)17)8-13-6-4-5-7-18-3/h9,13H,4-8H2,1-3H3. The maximum atomic E-state index is 11.8. The zero-order chi connectivity index (χ0) is 13.5. The smallest absolute Gasteiger partial charge is 0.312 e. The van der Waals surface area contributed by atoms with Crippen LogP contribution in [0, 0.1) is 0 Å². The summed E-state index contributed by atoms with van der Waals surface area (Å²) in [6.07, 6.45) is 5.99. The van der Waals surface area contributed by atoms with Crippen molar-refractivity contribution in [1.29, 1.82) is 0 Å². The number of hydrogen-bond donors (Lipinski definition) is 1. The van der Waals surface area contributed by atoms with Gasteiger partial charge in [-0.2, -0.15) is 11.8 Å². The van der Waals surface area contributed by atoms with Crippen molar-refractivity contribution in [2.24, 2.45) is 14.1 Å². The quantitative estimate of drug-likeness (QED) is 0.726. The molecule has 0 unspecified atom stereocenters. The molecule has 0 aliphatic heterocycles. The van der Waals surface area contributed by atoms with Crippen LogP contribution in [-0.4, -0.2) is 27.7 Å². The molecule has 1 N–H and O–H groups in total. The van der Waals surface area contributed by atoms with E-state index in [1.165, 1.54) is 23.8 Å². The summed E-state index contributed by atoms with van der Waals surface area (Å²) in [4.78, 5) is 23.3. The molecule has 0 atom stereocenters. The lowest BCUT2D eigenvalue weighted by molar-refractivity contribution is 0.612. The van der Waals surface area contributed by atoms with Crippen molar-refractivity contribution in [2.45, 2.75) is 19.4 Å². The molecule has 18 heavy (non-hydrogen) atoms. The van der Waals surface area contributed by atoms with Gasteiger partial charge in [-0.25, -0.2) is 4.79 Å². The van der Waals surface area contributed by atoms with Crippen LogP contribution in [-0.2, 0) is 20.6 Å². The number of unbranched alkanes of at least 4 members (excludes halogenated alkanes) is 1. The third kappa shape index (κ3) is 4.03. The van der Waals surface area contributed by atoms with Gasteiger partial charge in [0.1, 0.15) is 0 Å². The van der Waals surface area contributed by atoms with E-state index in [9.17, 15) is 9.59 Å². The Balaban J connectivity index is 2.53. The van der Waals surface area contributed by atoms with Gasteiger partial charge in [-0.05, 0) is 31.4 Å². The van der Waals surface area contributed by atoms with Gasteiger partial charge >= 0.3 is 5.69 Å². The van der Waals surface area contributed by atoms with E-state index in [0.29, 0.717) is 12.1 Å². The van der Waals surface area contributed by atoms with Crippen LogP contribution in [0.1, 0.15) is 18.4 Å². The van der Waals surface area contributed by atoms with Crippen LogP contribution in [0.4, 0.5) is 0 Å². The van der Waals surface area contributed by atoms with E-state index in [2.05, 4.69) is 11.6 Å². The second-order valence-electron chi connectivity index (χ2n) is 4.29. The zero-order valence-corrected chi connectivity index (χ0v) is 12.0. The molecule has 1 aromatic heterocycles. The minimum atomic E-state index is -0.288. The number of aromatic nitrogens is 2. The van der Waals surface area contributed by atoms with Gasteiger partial charge in [0.2, 0.25) is 0 Å². The fourth-order valence-electron chi connectivity index (χ4n) is 1.72. The first-order chi connectivity index (χ1) is 8.57. The Hall–Kier alpha value is -1.01. The summed E-state index contributed by atoms with van der Waals surface area (Å²) >= 11 is 1.84. The summed E-state index contributed by atoms with van der Waals surface area (Å²) in [7, 11) is 3.16. The third-order valence-corrected chi connectivity index (χ3v) is 3.48. The van der Waals surface area contributed by atoms with Gasteiger partial charge in [-0.1, -0.05) is 0 Å². The van der Waals surface area contributed by atoms with E-state index < -0.39 is 0 Å². The van der Waals surface area contributed by atoms with E-state index in [1.54, 1.807) is 13.2 Å². The number of nitrogens with zero attached hydrogens (tertiary/aromatic N) is 2. The lowest BCUT2D eigenvalue weighted by Crippen LogP contribution is -2.39. The maximum absolute atomic E-state index is 11.8. The summed E-state index contributed by atoms with van der Waals surface area (Å²) < 4.78 is 2.58. The Morgan fingerprint density at radius 3 is 2.67 bits per heavy atom. The van der Waals surface area contributed by atoms with Gasteiger partial charge in [0.15, 0.2) is 0 Å². The van der Waals surface area contributed by atoms with E-state index in [1.807, 2.05) is 11.8 Å². The fraction of sp³-hybridized carbons (Fsp3) is 0.667. The average Bonchev–Trinajstić information content (AvgIpc) is 2.37. The normalized spacial score (nSPS) is 10.8. The molecule has 0 spiro atoms. The summed E-state index contributed by atoms with van der Waals surface area (Å²) in [5.74, 6) is 1.17. The number of nitrogens with one attached hydrogen (secondary N) is 1. The van der Waals surface area contributed by atoms with Gasteiger partial charge in [0.25, 0.3) is 5.56 Å². The van der Waals surface area contributed by atoms with E-state index in [-0.39, 0.29) is 11.2 Å². The Bertz CT molecular complexity index is 493. The molecule has 0 aliphatic carbocycles. The van der Waals surface area contributed by atoms with Crippen LogP contribution < -0.4 is 16.6 Å². The van der Waals surface area contributed by atoms with Crippen molar-refractivity contribution < 1.29 is 0 Å². The van der Waals surface area contributed by atoms with Crippen molar-refractivity contribution in [2.75, 3.05) is 18.6 Å². The summed E-state index contributed by atoms with van der Waals surface area (Å²) in [6, 6.07) is 0. The summed E-state index contributed by atoms with van der Waals surface area (Å²) in [5, 5.41) is 3.24. The molecule has 0 amide bonds. The topological polar surface area (TPSA) is 56.0 Å². The lowest BCUT2D eigenvalue weighted by atomic mass is 10.3. The molecule has 5 nitrogen and oxygen atoms in total. The lowest BCUT2D eigenvalue weighted by Gasteiger charge is -2.07. The highest BCUT2D eigenvalue weighted by Crippen LogP contribution is 1.98. The number of aryl methyl sites for hydroxylation is 1. The molecule has 102 valence electrons. The largest absolute Gasteiger partial charge is 0.330 e. The molecule has 1 heterocycles. The highest BCUT2D eigenvalue weighted by Gasteiger charge is 2.05. The molecular formula is C12H21N3O2S. The Labute approximate surface area is 111 Å². The van der Waals surface area contributed by atoms with Crippen LogP contribution in [0.5, 0.6) is 0 Å². The number of rotatable bonds is 7. The number of hydrogen-bond acceptors (Lipinski definition) is 4. The molecule has 0 aromatic carbocycles. The highest BCUT2D eigenvalue weighted by atomic mass is 32.2. The Morgan fingerprint density at radius 2 is 2.00 bits per heavy atom. The minimum Gasteiger partial charge on any atom is -0.312 e. The summed E-state index contributed by atoms with van der Waals surface area (Å²) in [6.45, 7) is 1.41. The van der Waals surface area contributed by atoms with Crippen molar-refractivity contribution in [1.82, 2.24) is 14.5 Å². The van der Waals surface area contributed by atoms with E-state index in [4.69, 9.17) is 0 Å². The van der Waals surface area contributed by atoms with Crippen LogP contribution in [0.25, 0.3) is 0 Å². The average molecular weight is 271 g/mol. The van der Waals surface area contributed by atoms with Gasteiger partial charge in [0, 0.05) is 32.4 Å². The molecule has 1 aromatic rings. The monoisotopic (exact) mass is 271 g/mol. The van der Waals surface area contributed by atoms with Crippen LogP contribution in [0.15, 0.2) is 15.8 Å². The van der Waals surface area contributed by atoms with E-state index >= 15 is 0 Å². The first-order valence-corrected chi connectivity index (χ1v) is 7.42. The second kappa shape index (κ2) is 7.43. The Morgan fingerprint density at radius 1 is 1.28 bits per heavy atom. The Kier molecular flexibility index (Phi) is 6.21.